The van der Waals surface area contributed by atoms with E-state index < -0.39 is 0 Å². The molecule has 0 aromatic carbocycles. The van der Waals surface area contributed by atoms with Crippen molar-refractivity contribution in [2.45, 2.75) is 182 Å². The topological polar surface area (TPSA) is 0 Å². The standard InChI is InChI=1S/2C16H36P2.Pd/c2*1-13(2)17(14(3)4)11-9-10-12-18(15(5)6)16(7)8;/h2*13-16H,9-12H2,1-8H3;. The summed E-state index contributed by atoms with van der Waals surface area (Å²) >= 11 is 0. The molecule has 0 radical (unpaired) electrons. The molecular weight excluding hydrogens is 615 g/mol. The molecule has 0 aliphatic rings. The molecule has 0 aliphatic heterocycles. The molecule has 0 heterocycles. The Morgan fingerprint density at radius 2 is 0.378 bits per heavy atom. The second kappa shape index (κ2) is 24.9. The Kier molecular flexibility index (Phi) is 29.5. The van der Waals surface area contributed by atoms with E-state index in [9.17, 15) is 0 Å². The van der Waals surface area contributed by atoms with Gasteiger partial charge in [0.1, 0.15) is 0 Å². The van der Waals surface area contributed by atoms with Gasteiger partial charge in [0.25, 0.3) is 0 Å². The molecule has 0 bridgehead atoms. The van der Waals surface area contributed by atoms with Gasteiger partial charge in [-0.25, -0.2) is 0 Å². The van der Waals surface area contributed by atoms with Crippen molar-refractivity contribution in [2.75, 3.05) is 24.6 Å². The molecule has 0 aromatic heterocycles. The summed E-state index contributed by atoms with van der Waals surface area (Å²) in [7, 11) is 1.07. The van der Waals surface area contributed by atoms with Crippen molar-refractivity contribution < 1.29 is 20.4 Å². The fourth-order valence-corrected chi connectivity index (χ4v) is 16.9. The van der Waals surface area contributed by atoms with E-state index in [1.54, 1.807) is 0 Å². The minimum Gasteiger partial charge on any atom is -0.101 e. The second-order valence-corrected chi connectivity index (χ2v) is 27.3. The molecule has 0 saturated heterocycles. The van der Waals surface area contributed by atoms with Crippen LogP contribution < -0.4 is 0 Å². The Labute approximate surface area is 257 Å². The molecule has 0 nitrogen and oxygen atoms in total. The van der Waals surface area contributed by atoms with E-state index >= 15 is 0 Å². The van der Waals surface area contributed by atoms with Crippen LogP contribution in [0.4, 0.5) is 0 Å². The predicted molar refractivity (Wildman–Crippen MR) is 187 cm³/mol. The largest absolute Gasteiger partial charge is 0.101 e. The van der Waals surface area contributed by atoms with E-state index in [-0.39, 0.29) is 52.1 Å². The number of rotatable bonds is 18. The van der Waals surface area contributed by atoms with Crippen molar-refractivity contribution in [1.82, 2.24) is 0 Å². The molecule has 5 heteroatoms. The second-order valence-electron chi connectivity index (χ2n) is 13.1. The van der Waals surface area contributed by atoms with E-state index in [0.29, 0.717) is 0 Å². The van der Waals surface area contributed by atoms with Crippen LogP contribution in [0.25, 0.3) is 0 Å². The summed E-state index contributed by atoms with van der Waals surface area (Å²) in [5.74, 6) is 0. The normalized spacial score (nSPS) is 12.6. The van der Waals surface area contributed by atoms with Gasteiger partial charge in [-0.05, 0) is 95.6 Å². The van der Waals surface area contributed by atoms with Crippen LogP contribution in [0.2, 0.25) is 0 Å². The molecule has 0 amide bonds. The Balaban J connectivity index is -0.000000608. The van der Waals surface area contributed by atoms with Crippen LogP contribution >= 0.6 is 31.7 Å². The Morgan fingerprint density at radius 3 is 0.459 bits per heavy atom. The van der Waals surface area contributed by atoms with Crippen molar-refractivity contribution in [3.63, 3.8) is 0 Å². The minimum atomic E-state index is 0. The van der Waals surface area contributed by atoms with Crippen molar-refractivity contribution in [2.24, 2.45) is 0 Å². The summed E-state index contributed by atoms with van der Waals surface area (Å²) in [6.07, 6.45) is 11.9. The summed E-state index contributed by atoms with van der Waals surface area (Å²) in [6, 6.07) is 0. The SMILES string of the molecule is CC(C)P(CCCCP(C(C)C)C(C)C)C(C)C.CC(C)P(CCCCP(C(C)C)C(C)C)C(C)C.[Pd]. The van der Waals surface area contributed by atoms with Crippen molar-refractivity contribution in [1.29, 1.82) is 0 Å². The molecule has 0 spiro atoms. The smallest absolute Gasteiger partial charge is 0 e. The van der Waals surface area contributed by atoms with E-state index in [0.717, 1.165) is 45.3 Å². The molecule has 0 N–H and O–H groups in total. The fourth-order valence-electron chi connectivity index (χ4n) is 5.63. The van der Waals surface area contributed by atoms with Gasteiger partial charge in [-0.1, -0.05) is 111 Å². The maximum atomic E-state index is 2.42. The molecule has 0 atom stereocenters. The van der Waals surface area contributed by atoms with Gasteiger partial charge in [-0.2, -0.15) is 0 Å². The average molecular weight is 687 g/mol. The van der Waals surface area contributed by atoms with Crippen LogP contribution in [-0.2, 0) is 20.4 Å². The zero-order chi connectivity index (χ0) is 28.6. The molecule has 0 fully saturated rings. The van der Waals surface area contributed by atoms with Gasteiger partial charge in [0, 0.05) is 20.4 Å². The molecule has 37 heavy (non-hydrogen) atoms. The summed E-state index contributed by atoms with van der Waals surface area (Å²) < 4.78 is 0. The number of unbranched alkanes of at least 4 members (excludes halogenated alkanes) is 2. The third kappa shape index (κ3) is 21.7. The Bertz CT molecular complexity index is 369. The van der Waals surface area contributed by atoms with Crippen LogP contribution in [0.5, 0.6) is 0 Å². The maximum Gasteiger partial charge on any atom is 0 e. The zero-order valence-corrected chi connectivity index (χ0v) is 33.5. The summed E-state index contributed by atoms with van der Waals surface area (Å²) in [5, 5.41) is 0. The zero-order valence-electron chi connectivity index (χ0n) is 28.4. The van der Waals surface area contributed by atoms with E-state index in [1.165, 1.54) is 50.3 Å². The molecule has 0 saturated carbocycles. The van der Waals surface area contributed by atoms with Crippen LogP contribution in [0, 0.1) is 0 Å². The monoisotopic (exact) mass is 686 g/mol. The van der Waals surface area contributed by atoms with Gasteiger partial charge in [0.05, 0.1) is 0 Å². The predicted octanol–water partition coefficient (Wildman–Crippen LogP) is 12.7. The summed E-state index contributed by atoms with van der Waals surface area (Å²) in [4.78, 5) is 0. The Hall–Kier alpha value is 2.38. The third-order valence-corrected chi connectivity index (χ3v) is 21.4. The van der Waals surface area contributed by atoms with Crippen LogP contribution in [0.15, 0.2) is 0 Å². The Morgan fingerprint density at radius 1 is 0.270 bits per heavy atom. The van der Waals surface area contributed by atoms with Crippen molar-refractivity contribution >= 4 is 31.7 Å². The van der Waals surface area contributed by atoms with Crippen molar-refractivity contribution in [3.05, 3.63) is 0 Å². The average Bonchev–Trinajstić information content (AvgIpc) is 2.71. The molecule has 230 valence electrons. The molecular formula is C32H72P4Pd. The van der Waals surface area contributed by atoms with Gasteiger partial charge < -0.3 is 0 Å². The first-order chi connectivity index (χ1) is 16.5. The van der Waals surface area contributed by atoms with Gasteiger partial charge in [-0.3, -0.25) is 0 Å². The first kappa shape index (κ1) is 43.8. The van der Waals surface area contributed by atoms with Crippen molar-refractivity contribution in [3.8, 4) is 0 Å². The van der Waals surface area contributed by atoms with E-state index in [2.05, 4.69) is 111 Å². The van der Waals surface area contributed by atoms with Gasteiger partial charge in [-0.15, -0.1) is 31.7 Å². The van der Waals surface area contributed by atoms with Gasteiger partial charge in [0.15, 0.2) is 0 Å². The summed E-state index contributed by atoms with van der Waals surface area (Å²) in [6.45, 7) is 38.7. The van der Waals surface area contributed by atoms with E-state index in [1.807, 2.05) is 0 Å². The van der Waals surface area contributed by atoms with Crippen LogP contribution in [0.1, 0.15) is 136 Å². The minimum absolute atomic E-state index is 0. The molecule has 0 aliphatic carbocycles. The molecule has 0 rings (SSSR count). The van der Waals surface area contributed by atoms with Crippen LogP contribution in [-0.4, -0.2) is 69.9 Å². The van der Waals surface area contributed by atoms with Crippen LogP contribution in [0.3, 0.4) is 0 Å². The first-order valence-electron chi connectivity index (χ1n) is 15.6. The molecule has 0 aromatic rings. The first-order valence-corrected chi connectivity index (χ1v) is 22.2. The van der Waals surface area contributed by atoms with E-state index in [4.69, 9.17) is 0 Å². The summed E-state index contributed by atoms with van der Waals surface area (Å²) in [5.41, 5.74) is 7.31. The maximum absolute atomic E-state index is 2.42. The van der Waals surface area contributed by atoms with Gasteiger partial charge in [0.2, 0.25) is 0 Å². The van der Waals surface area contributed by atoms with Gasteiger partial charge >= 0.3 is 0 Å². The third-order valence-electron chi connectivity index (χ3n) is 7.47. The number of hydrogen-bond donors (Lipinski definition) is 0. The fraction of sp³-hybridized carbons (Fsp3) is 1.00. The number of hydrogen-bond acceptors (Lipinski definition) is 0. The molecule has 0 unspecified atom stereocenters. The quantitative estimate of drug-likeness (QED) is 0.0765.